The second-order valence-corrected chi connectivity index (χ2v) is 6.33. The van der Waals surface area contributed by atoms with E-state index >= 15 is 0 Å². The molecule has 0 aliphatic rings. The Morgan fingerprint density at radius 2 is 1.96 bits per heavy atom. The van der Waals surface area contributed by atoms with E-state index in [0.29, 0.717) is 5.82 Å². The molecule has 4 nitrogen and oxygen atoms in total. The monoisotopic (exact) mass is 322 g/mol. The first-order valence-corrected chi connectivity index (χ1v) is 8.08. The van der Waals surface area contributed by atoms with E-state index in [1.807, 2.05) is 26.0 Å². The number of rotatable bonds is 4. The summed E-state index contributed by atoms with van der Waals surface area (Å²) in [5.74, 6) is 0.321. The third-order valence-electron chi connectivity index (χ3n) is 3.49. The molecule has 0 unspecified atom stereocenters. The highest BCUT2D eigenvalue weighted by molar-refractivity contribution is 7.17. The standard InChI is InChI=1S/C18H18N4S/c1-11-17(12(2)21-22-13(3)19)23-18(20-11)16-9-8-14-6-4-5-7-15(14)10-16/h4-10,22H,3,19H2,1-2H3/b21-12+. The van der Waals surface area contributed by atoms with Crippen molar-refractivity contribution in [2.45, 2.75) is 13.8 Å². The number of hydrogen-bond acceptors (Lipinski definition) is 5. The van der Waals surface area contributed by atoms with Crippen LogP contribution in [0.15, 0.2) is 60.0 Å². The summed E-state index contributed by atoms with van der Waals surface area (Å²) in [6.45, 7) is 7.50. The highest BCUT2D eigenvalue weighted by atomic mass is 32.1. The van der Waals surface area contributed by atoms with E-state index in [9.17, 15) is 0 Å². The van der Waals surface area contributed by atoms with Crippen LogP contribution in [-0.4, -0.2) is 10.7 Å². The van der Waals surface area contributed by atoms with Gasteiger partial charge in [-0.1, -0.05) is 43.0 Å². The molecule has 3 N–H and O–H groups in total. The molecule has 0 spiro atoms. The summed E-state index contributed by atoms with van der Waals surface area (Å²) >= 11 is 1.63. The van der Waals surface area contributed by atoms with Crippen LogP contribution in [0, 0.1) is 6.92 Å². The third-order valence-corrected chi connectivity index (χ3v) is 4.80. The highest BCUT2D eigenvalue weighted by Gasteiger charge is 2.12. The Kier molecular flexibility index (Phi) is 4.12. The summed E-state index contributed by atoms with van der Waals surface area (Å²) in [7, 11) is 0. The van der Waals surface area contributed by atoms with Crippen LogP contribution in [0.2, 0.25) is 0 Å². The fourth-order valence-electron chi connectivity index (χ4n) is 2.38. The number of fused-ring (bicyclic) bond motifs is 1. The molecule has 2 aromatic carbocycles. The minimum absolute atomic E-state index is 0.321. The van der Waals surface area contributed by atoms with Gasteiger partial charge in [0.05, 0.1) is 16.3 Å². The minimum Gasteiger partial charge on any atom is -0.385 e. The molecular weight excluding hydrogens is 304 g/mol. The van der Waals surface area contributed by atoms with Crippen molar-refractivity contribution in [2.75, 3.05) is 0 Å². The molecule has 0 atom stereocenters. The molecule has 116 valence electrons. The predicted octanol–water partition coefficient (Wildman–Crippen LogP) is 4.02. The van der Waals surface area contributed by atoms with Crippen LogP contribution < -0.4 is 11.2 Å². The Balaban J connectivity index is 1.98. The highest BCUT2D eigenvalue weighted by Crippen LogP contribution is 2.30. The Hall–Kier alpha value is -2.66. The van der Waals surface area contributed by atoms with Crippen molar-refractivity contribution in [3.05, 3.63) is 65.4 Å². The second-order valence-electron chi connectivity index (χ2n) is 5.33. The predicted molar refractivity (Wildman–Crippen MR) is 98.5 cm³/mol. The molecule has 5 heteroatoms. The summed E-state index contributed by atoms with van der Waals surface area (Å²) in [5, 5.41) is 7.66. The van der Waals surface area contributed by atoms with Crippen molar-refractivity contribution in [2.24, 2.45) is 10.8 Å². The van der Waals surface area contributed by atoms with E-state index < -0.39 is 0 Å². The molecule has 0 amide bonds. The van der Waals surface area contributed by atoms with Gasteiger partial charge in [-0.3, -0.25) is 5.43 Å². The molecule has 0 radical (unpaired) electrons. The SMILES string of the molecule is C=C(N)N/N=C(\C)c1sc(-c2ccc3ccccc3c2)nc1C. The molecule has 1 heterocycles. The zero-order valence-electron chi connectivity index (χ0n) is 13.1. The third kappa shape index (κ3) is 3.24. The molecular formula is C18H18N4S. The lowest BCUT2D eigenvalue weighted by Gasteiger charge is -2.01. The number of thiazole rings is 1. The van der Waals surface area contributed by atoms with Gasteiger partial charge in [0.15, 0.2) is 0 Å². The van der Waals surface area contributed by atoms with Gasteiger partial charge in [0.1, 0.15) is 10.8 Å². The van der Waals surface area contributed by atoms with E-state index in [-0.39, 0.29) is 0 Å². The Morgan fingerprint density at radius 3 is 2.70 bits per heavy atom. The van der Waals surface area contributed by atoms with Crippen LogP contribution in [0.4, 0.5) is 0 Å². The number of nitrogens with zero attached hydrogens (tertiary/aromatic N) is 2. The van der Waals surface area contributed by atoms with E-state index in [2.05, 4.69) is 47.4 Å². The average Bonchev–Trinajstić information content (AvgIpc) is 2.94. The summed E-state index contributed by atoms with van der Waals surface area (Å²) in [5.41, 5.74) is 11.1. The molecule has 0 bridgehead atoms. The Bertz CT molecular complexity index is 908. The fraction of sp³-hybridized carbons (Fsp3) is 0.111. The van der Waals surface area contributed by atoms with Crippen molar-refractivity contribution in [1.82, 2.24) is 10.4 Å². The van der Waals surface area contributed by atoms with Crippen molar-refractivity contribution in [3.63, 3.8) is 0 Å². The van der Waals surface area contributed by atoms with Crippen molar-refractivity contribution >= 4 is 27.8 Å². The molecule has 23 heavy (non-hydrogen) atoms. The minimum atomic E-state index is 0.321. The van der Waals surface area contributed by atoms with Crippen LogP contribution >= 0.6 is 11.3 Å². The molecule has 0 fully saturated rings. The maximum absolute atomic E-state index is 5.48. The first kappa shape index (κ1) is 15.2. The fourth-order valence-corrected chi connectivity index (χ4v) is 3.39. The first-order valence-electron chi connectivity index (χ1n) is 7.26. The summed E-state index contributed by atoms with van der Waals surface area (Å²) in [6, 6.07) is 14.7. The average molecular weight is 322 g/mol. The summed E-state index contributed by atoms with van der Waals surface area (Å²) < 4.78 is 0. The molecule has 1 aromatic heterocycles. The van der Waals surface area contributed by atoms with Crippen LogP contribution in [0.1, 0.15) is 17.5 Å². The van der Waals surface area contributed by atoms with Crippen molar-refractivity contribution in [3.8, 4) is 10.6 Å². The van der Waals surface area contributed by atoms with E-state index in [1.54, 1.807) is 11.3 Å². The molecule has 3 aromatic rings. The smallest absolute Gasteiger partial charge is 0.124 e. The van der Waals surface area contributed by atoms with Gasteiger partial charge in [-0.25, -0.2) is 4.98 Å². The van der Waals surface area contributed by atoms with Gasteiger partial charge < -0.3 is 5.73 Å². The van der Waals surface area contributed by atoms with Gasteiger partial charge in [-0.05, 0) is 30.7 Å². The van der Waals surface area contributed by atoms with Gasteiger partial charge in [0.2, 0.25) is 0 Å². The first-order chi connectivity index (χ1) is 11.0. The van der Waals surface area contributed by atoms with Crippen LogP contribution in [-0.2, 0) is 0 Å². The van der Waals surface area contributed by atoms with Crippen molar-refractivity contribution < 1.29 is 0 Å². The topological polar surface area (TPSA) is 63.3 Å². The molecule has 0 saturated heterocycles. The van der Waals surface area contributed by atoms with Gasteiger partial charge >= 0.3 is 0 Å². The largest absolute Gasteiger partial charge is 0.385 e. The molecule has 0 aliphatic heterocycles. The van der Waals surface area contributed by atoms with Gasteiger partial charge in [-0.15, -0.1) is 11.3 Å². The Labute approximate surface area is 139 Å². The molecule has 0 saturated carbocycles. The quantitative estimate of drug-likeness (QED) is 0.563. The normalized spacial score (nSPS) is 11.7. The van der Waals surface area contributed by atoms with E-state index in [0.717, 1.165) is 26.9 Å². The maximum atomic E-state index is 5.48. The van der Waals surface area contributed by atoms with Crippen LogP contribution in [0.25, 0.3) is 21.3 Å². The zero-order chi connectivity index (χ0) is 16.4. The Morgan fingerprint density at radius 1 is 1.22 bits per heavy atom. The molecule has 0 aliphatic carbocycles. The lowest BCUT2D eigenvalue weighted by Crippen LogP contribution is -2.14. The number of nitrogens with two attached hydrogens (primary N) is 1. The van der Waals surface area contributed by atoms with Crippen LogP contribution in [0.3, 0.4) is 0 Å². The lowest BCUT2D eigenvalue weighted by atomic mass is 10.1. The molecule has 3 rings (SSSR count). The van der Waals surface area contributed by atoms with Gasteiger partial charge in [-0.2, -0.15) is 5.10 Å². The number of aromatic nitrogens is 1. The van der Waals surface area contributed by atoms with Gasteiger partial charge in [0, 0.05) is 5.56 Å². The van der Waals surface area contributed by atoms with Crippen LogP contribution in [0.5, 0.6) is 0 Å². The lowest BCUT2D eigenvalue weighted by molar-refractivity contribution is 0.875. The van der Waals surface area contributed by atoms with E-state index in [4.69, 9.17) is 10.7 Å². The summed E-state index contributed by atoms with van der Waals surface area (Å²) in [6.07, 6.45) is 0. The van der Waals surface area contributed by atoms with Gasteiger partial charge in [0.25, 0.3) is 0 Å². The second kappa shape index (κ2) is 6.22. The van der Waals surface area contributed by atoms with E-state index in [1.165, 1.54) is 10.8 Å². The number of hydrazone groups is 1. The number of nitrogens with one attached hydrogen (secondary N) is 1. The zero-order valence-corrected chi connectivity index (χ0v) is 13.9. The number of hydrogen-bond donors (Lipinski definition) is 2. The number of aryl methyl sites for hydroxylation is 1. The number of benzene rings is 2. The maximum Gasteiger partial charge on any atom is 0.124 e. The van der Waals surface area contributed by atoms with Crippen molar-refractivity contribution in [1.29, 1.82) is 0 Å². The summed E-state index contributed by atoms with van der Waals surface area (Å²) in [4.78, 5) is 5.74.